The summed E-state index contributed by atoms with van der Waals surface area (Å²) in [6, 6.07) is 7.50. The highest BCUT2D eigenvalue weighted by atomic mass is 35.5. The van der Waals surface area contributed by atoms with E-state index >= 15 is 0 Å². The lowest BCUT2D eigenvalue weighted by Gasteiger charge is -2.08. The Kier molecular flexibility index (Phi) is 3.74. The molecule has 0 bridgehead atoms. The Bertz CT molecular complexity index is 586. The first-order valence-corrected chi connectivity index (χ1v) is 5.83. The molecule has 0 amide bonds. The molecule has 0 radical (unpaired) electrons. The normalized spacial score (nSPS) is 10.1. The molecule has 2 aromatic rings. The van der Waals surface area contributed by atoms with Gasteiger partial charge in [-0.25, -0.2) is 4.39 Å². The summed E-state index contributed by atoms with van der Waals surface area (Å²) in [5.41, 5.74) is 7.11. The maximum atomic E-state index is 13.1. The zero-order chi connectivity index (χ0) is 13.1. The molecule has 1 aromatic carbocycles. The molecule has 0 atom stereocenters. The van der Waals surface area contributed by atoms with Gasteiger partial charge in [0.25, 0.3) is 0 Å². The van der Waals surface area contributed by atoms with E-state index in [1.165, 1.54) is 18.2 Å². The summed E-state index contributed by atoms with van der Waals surface area (Å²) in [7, 11) is 0. The molecule has 0 saturated heterocycles. The minimum Gasteiger partial charge on any atom is -0.388 e. The van der Waals surface area contributed by atoms with Gasteiger partial charge in [0.2, 0.25) is 0 Å². The van der Waals surface area contributed by atoms with E-state index in [4.69, 9.17) is 29.6 Å². The van der Waals surface area contributed by atoms with Crippen molar-refractivity contribution < 1.29 is 4.39 Å². The van der Waals surface area contributed by atoms with Gasteiger partial charge in [0.15, 0.2) is 0 Å². The van der Waals surface area contributed by atoms with Crippen molar-refractivity contribution >= 4 is 40.2 Å². The van der Waals surface area contributed by atoms with Crippen molar-refractivity contribution in [1.82, 2.24) is 4.98 Å². The third-order valence-electron chi connectivity index (χ3n) is 2.22. The molecule has 0 aliphatic carbocycles. The van der Waals surface area contributed by atoms with Crippen molar-refractivity contribution in [1.29, 1.82) is 0 Å². The smallest absolute Gasteiger partial charge is 0.125 e. The number of halogens is 2. The van der Waals surface area contributed by atoms with Crippen LogP contribution >= 0.6 is 23.8 Å². The summed E-state index contributed by atoms with van der Waals surface area (Å²) < 4.78 is 13.1. The van der Waals surface area contributed by atoms with Gasteiger partial charge in [0, 0.05) is 0 Å². The van der Waals surface area contributed by atoms with Crippen LogP contribution in [-0.2, 0) is 0 Å². The molecule has 0 aliphatic rings. The van der Waals surface area contributed by atoms with Crippen LogP contribution in [0.4, 0.5) is 15.8 Å². The highest BCUT2D eigenvalue weighted by molar-refractivity contribution is 7.80. The Balaban J connectivity index is 2.23. The first-order chi connectivity index (χ1) is 8.56. The van der Waals surface area contributed by atoms with E-state index in [2.05, 4.69) is 10.3 Å². The fourth-order valence-corrected chi connectivity index (χ4v) is 1.65. The van der Waals surface area contributed by atoms with Gasteiger partial charge >= 0.3 is 0 Å². The van der Waals surface area contributed by atoms with Crippen LogP contribution in [0.3, 0.4) is 0 Å². The van der Waals surface area contributed by atoms with Gasteiger partial charge in [-0.2, -0.15) is 0 Å². The van der Waals surface area contributed by atoms with E-state index in [9.17, 15) is 4.39 Å². The number of pyridine rings is 1. The second kappa shape index (κ2) is 5.29. The van der Waals surface area contributed by atoms with Crippen LogP contribution in [0.25, 0.3) is 0 Å². The summed E-state index contributed by atoms with van der Waals surface area (Å²) in [5.74, 6) is -0.366. The maximum absolute atomic E-state index is 13.1. The number of aromatic nitrogens is 1. The number of nitrogens with one attached hydrogen (secondary N) is 1. The van der Waals surface area contributed by atoms with E-state index in [1.807, 2.05) is 0 Å². The van der Waals surface area contributed by atoms with Gasteiger partial charge in [-0.15, -0.1) is 0 Å². The fraction of sp³-hybridized carbons (Fsp3) is 0. The molecular weight excluding hydrogens is 273 g/mol. The van der Waals surface area contributed by atoms with Crippen LogP contribution < -0.4 is 11.1 Å². The molecule has 3 nitrogen and oxygen atoms in total. The Morgan fingerprint density at radius 1 is 1.33 bits per heavy atom. The SMILES string of the molecule is NC(=S)c1ccc(Nc2cc(F)ccc2Cl)cn1. The third kappa shape index (κ3) is 2.94. The standard InChI is InChI=1S/C12H9ClFN3S/c13-9-3-1-7(14)5-11(9)17-8-2-4-10(12(15)18)16-6-8/h1-6,17H,(H2,15,18). The Labute approximate surface area is 114 Å². The third-order valence-corrected chi connectivity index (χ3v) is 2.76. The van der Waals surface area contributed by atoms with Crippen LogP contribution in [0.5, 0.6) is 0 Å². The molecule has 0 aliphatic heterocycles. The fourth-order valence-electron chi connectivity index (χ4n) is 1.36. The lowest BCUT2D eigenvalue weighted by Crippen LogP contribution is -2.11. The molecule has 1 aromatic heterocycles. The Morgan fingerprint density at radius 2 is 2.11 bits per heavy atom. The predicted octanol–water partition coefficient (Wildman–Crippen LogP) is 3.25. The van der Waals surface area contributed by atoms with E-state index in [-0.39, 0.29) is 10.8 Å². The molecule has 92 valence electrons. The number of hydrogen-bond donors (Lipinski definition) is 2. The zero-order valence-corrected chi connectivity index (χ0v) is 10.7. The van der Waals surface area contributed by atoms with Crippen molar-refractivity contribution in [2.24, 2.45) is 5.73 Å². The topological polar surface area (TPSA) is 50.9 Å². The van der Waals surface area contributed by atoms with E-state index in [0.717, 1.165) is 0 Å². The van der Waals surface area contributed by atoms with Gasteiger partial charge in [-0.05, 0) is 30.3 Å². The number of thiocarbonyl (C=S) groups is 1. The van der Waals surface area contributed by atoms with Gasteiger partial charge in [0.05, 0.1) is 28.3 Å². The molecule has 0 spiro atoms. The van der Waals surface area contributed by atoms with Crippen molar-refractivity contribution in [3.63, 3.8) is 0 Å². The number of rotatable bonds is 3. The second-order valence-electron chi connectivity index (χ2n) is 3.55. The highest BCUT2D eigenvalue weighted by Gasteiger charge is 2.03. The monoisotopic (exact) mass is 281 g/mol. The van der Waals surface area contributed by atoms with Crippen LogP contribution in [-0.4, -0.2) is 9.97 Å². The van der Waals surface area contributed by atoms with Crippen molar-refractivity contribution in [2.75, 3.05) is 5.32 Å². The van der Waals surface area contributed by atoms with Crippen LogP contribution in [0.2, 0.25) is 5.02 Å². The van der Waals surface area contributed by atoms with Crippen molar-refractivity contribution in [3.8, 4) is 0 Å². The van der Waals surface area contributed by atoms with E-state index in [0.29, 0.717) is 22.1 Å². The average Bonchev–Trinajstić information content (AvgIpc) is 2.34. The van der Waals surface area contributed by atoms with Gasteiger partial charge < -0.3 is 11.1 Å². The molecule has 1 heterocycles. The molecule has 2 rings (SSSR count). The number of anilines is 2. The predicted molar refractivity (Wildman–Crippen MR) is 74.8 cm³/mol. The van der Waals surface area contributed by atoms with Gasteiger partial charge in [0.1, 0.15) is 10.8 Å². The molecule has 0 unspecified atom stereocenters. The Hall–Kier alpha value is -1.72. The molecular formula is C12H9ClFN3S. The van der Waals surface area contributed by atoms with Gasteiger partial charge in [-0.1, -0.05) is 23.8 Å². The summed E-state index contributed by atoms with van der Waals surface area (Å²) in [6.07, 6.45) is 1.55. The van der Waals surface area contributed by atoms with Crippen molar-refractivity contribution in [3.05, 3.63) is 53.1 Å². The minimum atomic E-state index is -0.366. The molecule has 18 heavy (non-hydrogen) atoms. The van der Waals surface area contributed by atoms with Crippen LogP contribution in [0.1, 0.15) is 5.69 Å². The van der Waals surface area contributed by atoms with Crippen molar-refractivity contribution in [2.45, 2.75) is 0 Å². The molecule has 0 saturated carbocycles. The largest absolute Gasteiger partial charge is 0.388 e. The summed E-state index contributed by atoms with van der Waals surface area (Å²) >= 11 is 10.7. The number of benzene rings is 1. The summed E-state index contributed by atoms with van der Waals surface area (Å²) in [6.45, 7) is 0. The maximum Gasteiger partial charge on any atom is 0.125 e. The summed E-state index contributed by atoms with van der Waals surface area (Å²) in [4.78, 5) is 4.29. The Morgan fingerprint density at radius 3 is 2.72 bits per heavy atom. The van der Waals surface area contributed by atoms with Gasteiger partial charge in [-0.3, -0.25) is 4.98 Å². The van der Waals surface area contributed by atoms with Crippen LogP contribution in [0.15, 0.2) is 36.5 Å². The first kappa shape index (κ1) is 12.7. The van der Waals surface area contributed by atoms with E-state index in [1.54, 1.807) is 18.3 Å². The summed E-state index contributed by atoms with van der Waals surface area (Å²) in [5, 5.41) is 3.39. The molecule has 0 fully saturated rings. The second-order valence-corrected chi connectivity index (χ2v) is 4.39. The quantitative estimate of drug-likeness (QED) is 0.848. The lowest BCUT2D eigenvalue weighted by molar-refractivity contribution is 0.628. The highest BCUT2D eigenvalue weighted by Crippen LogP contribution is 2.25. The number of hydrogen-bond acceptors (Lipinski definition) is 3. The molecule has 6 heteroatoms. The molecule has 3 N–H and O–H groups in total. The number of nitrogens with zero attached hydrogens (tertiary/aromatic N) is 1. The first-order valence-electron chi connectivity index (χ1n) is 5.04. The lowest BCUT2D eigenvalue weighted by atomic mass is 10.3. The number of nitrogens with two attached hydrogens (primary N) is 1. The minimum absolute atomic E-state index is 0.227. The zero-order valence-electron chi connectivity index (χ0n) is 9.15. The van der Waals surface area contributed by atoms with E-state index < -0.39 is 0 Å². The average molecular weight is 282 g/mol. The van der Waals surface area contributed by atoms with Crippen LogP contribution in [0, 0.1) is 5.82 Å².